The number of furan rings is 1. The molecule has 1 heterocycles. The minimum Gasteiger partial charge on any atom is -0.460 e. The molecule has 0 amide bonds. The summed E-state index contributed by atoms with van der Waals surface area (Å²) in [7, 11) is 0. The number of benzene rings is 2. The van der Waals surface area contributed by atoms with Gasteiger partial charge in [-0.1, -0.05) is 39.7 Å². The standard InChI is InChI=1S/C20H19BrClNO/c1-14-12-16(21)4-8-19(14)20-9-7-18(24-20)13-23-11-10-15-2-5-17(22)6-3-15/h2-9,12,23H,10-11,13H2,1H3. The molecule has 0 aliphatic rings. The number of aryl methyl sites for hydroxylation is 1. The molecule has 0 saturated carbocycles. The van der Waals surface area contributed by atoms with Crippen LogP contribution in [0.4, 0.5) is 0 Å². The molecule has 0 bridgehead atoms. The number of hydrogen-bond donors (Lipinski definition) is 1. The van der Waals surface area contributed by atoms with E-state index in [1.807, 2.05) is 30.3 Å². The Balaban J connectivity index is 1.53. The van der Waals surface area contributed by atoms with Crippen molar-refractivity contribution in [3.63, 3.8) is 0 Å². The Kier molecular flexibility index (Phi) is 5.77. The van der Waals surface area contributed by atoms with Gasteiger partial charge in [-0.25, -0.2) is 0 Å². The minimum atomic E-state index is 0.725. The fourth-order valence-corrected chi connectivity index (χ4v) is 3.22. The van der Waals surface area contributed by atoms with Gasteiger partial charge < -0.3 is 9.73 Å². The average Bonchev–Trinajstić information content (AvgIpc) is 3.02. The van der Waals surface area contributed by atoms with E-state index in [1.54, 1.807) is 0 Å². The van der Waals surface area contributed by atoms with E-state index in [-0.39, 0.29) is 0 Å². The van der Waals surface area contributed by atoms with Crippen LogP contribution in [-0.4, -0.2) is 6.54 Å². The van der Waals surface area contributed by atoms with Crippen LogP contribution in [0.15, 0.2) is 63.5 Å². The first-order valence-corrected chi connectivity index (χ1v) is 9.09. The van der Waals surface area contributed by atoms with Gasteiger partial charge in [-0.2, -0.15) is 0 Å². The molecule has 1 N–H and O–H groups in total. The molecule has 3 rings (SSSR count). The highest BCUT2D eigenvalue weighted by Gasteiger charge is 2.07. The van der Waals surface area contributed by atoms with Gasteiger partial charge in [0.15, 0.2) is 0 Å². The lowest BCUT2D eigenvalue weighted by Gasteiger charge is -2.05. The summed E-state index contributed by atoms with van der Waals surface area (Å²) in [5.74, 6) is 1.86. The Morgan fingerprint density at radius 2 is 1.83 bits per heavy atom. The Morgan fingerprint density at radius 3 is 2.58 bits per heavy atom. The molecule has 1 aromatic heterocycles. The Morgan fingerprint density at radius 1 is 1.04 bits per heavy atom. The maximum Gasteiger partial charge on any atom is 0.134 e. The molecule has 2 aromatic carbocycles. The van der Waals surface area contributed by atoms with Crippen LogP contribution in [0.5, 0.6) is 0 Å². The molecular formula is C20H19BrClNO. The zero-order valence-corrected chi connectivity index (χ0v) is 15.8. The van der Waals surface area contributed by atoms with Gasteiger partial charge in [0.25, 0.3) is 0 Å². The molecule has 124 valence electrons. The first kappa shape index (κ1) is 17.3. The maximum atomic E-state index is 5.96. The second-order valence-corrected chi connectivity index (χ2v) is 7.13. The van der Waals surface area contributed by atoms with Gasteiger partial charge in [0.1, 0.15) is 11.5 Å². The van der Waals surface area contributed by atoms with E-state index in [9.17, 15) is 0 Å². The van der Waals surface area contributed by atoms with Crippen LogP contribution in [-0.2, 0) is 13.0 Å². The third-order valence-corrected chi connectivity index (χ3v) is 4.66. The summed E-state index contributed by atoms with van der Waals surface area (Å²) in [5, 5.41) is 4.20. The van der Waals surface area contributed by atoms with Gasteiger partial charge in [0, 0.05) is 15.1 Å². The monoisotopic (exact) mass is 403 g/mol. The second kappa shape index (κ2) is 8.02. The summed E-state index contributed by atoms with van der Waals surface area (Å²) < 4.78 is 7.05. The summed E-state index contributed by atoms with van der Waals surface area (Å²) in [6.45, 7) is 3.71. The van der Waals surface area contributed by atoms with Crippen molar-refractivity contribution in [2.45, 2.75) is 19.9 Å². The zero-order valence-electron chi connectivity index (χ0n) is 13.5. The van der Waals surface area contributed by atoms with E-state index < -0.39 is 0 Å². The SMILES string of the molecule is Cc1cc(Br)ccc1-c1ccc(CNCCc2ccc(Cl)cc2)o1. The smallest absolute Gasteiger partial charge is 0.134 e. The largest absolute Gasteiger partial charge is 0.460 e. The molecule has 24 heavy (non-hydrogen) atoms. The normalized spacial score (nSPS) is 11.0. The van der Waals surface area contributed by atoms with E-state index in [2.05, 4.69) is 52.4 Å². The van der Waals surface area contributed by atoms with Crippen LogP contribution in [0.25, 0.3) is 11.3 Å². The minimum absolute atomic E-state index is 0.725. The van der Waals surface area contributed by atoms with E-state index in [0.717, 1.165) is 46.1 Å². The molecule has 0 saturated heterocycles. The van der Waals surface area contributed by atoms with Crippen molar-refractivity contribution in [1.82, 2.24) is 5.32 Å². The predicted molar refractivity (Wildman–Crippen MR) is 103 cm³/mol. The van der Waals surface area contributed by atoms with Gasteiger partial charge >= 0.3 is 0 Å². The first-order chi connectivity index (χ1) is 11.6. The molecule has 0 fully saturated rings. The molecule has 0 aliphatic heterocycles. The first-order valence-electron chi connectivity index (χ1n) is 7.92. The molecule has 4 heteroatoms. The molecule has 0 atom stereocenters. The number of nitrogens with one attached hydrogen (secondary N) is 1. The average molecular weight is 405 g/mol. The number of halogens is 2. The van der Waals surface area contributed by atoms with Crippen LogP contribution >= 0.6 is 27.5 Å². The van der Waals surface area contributed by atoms with Crippen LogP contribution in [0.3, 0.4) is 0 Å². The lowest BCUT2D eigenvalue weighted by atomic mass is 10.1. The third-order valence-electron chi connectivity index (χ3n) is 3.92. The summed E-state index contributed by atoms with van der Waals surface area (Å²) >= 11 is 9.39. The van der Waals surface area contributed by atoms with E-state index in [0.29, 0.717) is 0 Å². The lowest BCUT2D eigenvalue weighted by Crippen LogP contribution is -2.16. The highest BCUT2D eigenvalue weighted by atomic mass is 79.9. The van der Waals surface area contributed by atoms with Crippen LogP contribution < -0.4 is 5.32 Å². The molecule has 2 nitrogen and oxygen atoms in total. The van der Waals surface area contributed by atoms with Crippen molar-refractivity contribution in [3.05, 3.63) is 81.0 Å². The lowest BCUT2D eigenvalue weighted by molar-refractivity contribution is 0.494. The molecule has 3 aromatic rings. The molecule has 0 aliphatic carbocycles. The van der Waals surface area contributed by atoms with Crippen molar-refractivity contribution >= 4 is 27.5 Å². The predicted octanol–water partition coefficient (Wildman–Crippen LogP) is 6.00. The summed E-state index contributed by atoms with van der Waals surface area (Å²) in [5.41, 5.74) is 3.60. The summed E-state index contributed by atoms with van der Waals surface area (Å²) in [6.07, 6.45) is 0.969. The summed E-state index contributed by atoms with van der Waals surface area (Å²) in [4.78, 5) is 0. The van der Waals surface area contributed by atoms with Gasteiger partial charge in [-0.05, 0) is 73.5 Å². The van der Waals surface area contributed by atoms with Crippen LogP contribution in [0.2, 0.25) is 5.02 Å². The highest BCUT2D eigenvalue weighted by molar-refractivity contribution is 9.10. The van der Waals surface area contributed by atoms with E-state index in [4.69, 9.17) is 16.0 Å². The number of hydrogen-bond acceptors (Lipinski definition) is 2. The Labute approximate surface area is 156 Å². The van der Waals surface area contributed by atoms with Gasteiger partial charge in [-0.3, -0.25) is 0 Å². The highest BCUT2D eigenvalue weighted by Crippen LogP contribution is 2.27. The van der Waals surface area contributed by atoms with Crippen molar-refractivity contribution in [1.29, 1.82) is 0 Å². The number of rotatable bonds is 6. The summed E-state index contributed by atoms with van der Waals surface area (Å²) in [6, 6.07) is 18.3. The van der Waals surface area contributed by atoms with Gasteiger partial charge in [-0.15, -0.1) is 0 Å². The van der Waals surface area contributed by atoms with Gasteiger partial charge in [0.05, 0.1) is 6.54 Å². The molecule has 0 spiro atoms. The third kappa shape index (κ3) is 4.50. The zero-order chi connectivity index (χ0) is 16.9. The van der Waals surface area contributed by atoms with Crippen LogP contribution in [0, 0.1) is 6.92 Å². The van der Waals surface area contributed by atoms with E-state index >= 15 is 0 Å². The van der Waals surface area contributed by atoms with E-state index in [1.165, 1.54) is 11.1 Å². The molecular weight excluding hydrogens is 386 g/mol. The van der Waals surface area contributed by atoms with Gasteiger partial charge in [0.2, 0.25) is 0 Å². The Bertz CT molecular complexity index is 811. The van der Waals surface area contributed by atoms with Crippen molar-refractivity contribution in [2.24, 2.45) is 0 Å². The topological polar surface area (TPSA) is 25.2 Å². The fraction of sp³-hybridized carbons (Fsp3) is 0.200. The van der Waals surface area contributed by atoms with Crippen molar-refractivity contribution < 1.29 is 4.42 Å². The second-order valence-electron chi connectivity index (χ2n) is 5.78. The molecule has 0 unspecified atom stereocenters. The van der Waals surface area contributed by atoms with Crippen molar-refractivity contribution in [2.75, 3.05) is 6.54 Å². The van der Waals surface area contributed by atoms with Crippen molar-refractivity contribution in [3.8, 4) is 11.3 Å². The maximum absolute atomic E-state index is 5.96. The van der Waals surface area contributed by atoms with Crippen LogP contribution in [0.1, 0.15) is 16.9 Å². The molecule has 0 radical (unpaired) electrons. The quantitative estimate of drug-likeness (QED) is 0.509. The Hall–Kier alpha value is -1.55. The fourth-order valence-electron chi connectivity index (χ4n) is 2.62.